The van der Waals surface area contributed by atoms with Gasteiger partial charge in [-0.2, -0.15) is 0 Å². The molecule has 0 unspecified atom stereocenters. The SMILES string of the molecule is COc1ccc(C2=NC3(CCN(CC(=O)Nc4cccc(C)c4)CC3)NC2=O)cc1. The fourth-order valence-corrected chi connectivity index (χ4v) is 3.95. The van der Waals surface area contributed by atoms with E-state index in [2.05, 4.69) is 15.5 Å². The zero-order valence-electron chi connectivity index (χ0n) is 17.3. The number of benzene rings is 2. The lowest BCUT2D eigenvalue weighted by molar-refractivity contribution is -0.119. The molecule has 7 nitrogen and oxygen atoms in total. The number of piperidine rings is 1. The van der Waals surface area contributed by atoms with Crippen LogP contribution in [0.25, 0.3) is 0 Å². The van der Waals surface area contributed by atoms with E-state index in [4.69, 9.17) is 9.73 Å². The van der Waals surface area contributed by atoms with E-state index >= 15 is 0 Å². The molecule has 4 rings (SSSR count). The molecule has 1 fully saturated rings. The summed E-state index contributed by atoms with van der Waals surface area (Å²) in [6.45, 7) is 3.71. The fourth-order valence-electron chi connectivity index (χ4n) is 3.95. The van der Waals surface area contributed by atoms with Gasteiger partial charge < -0.3 is 15.4 Å². The highest BCUT2D eigenvalue weighted by Crippen LogP contribution is 2.29. The number of methoxy groups -OCH3 is 1. The van der Waals surface area contributed by atoms with Crippen molar-refractivity contribution in [3.05, 3.63) is 59.7 Å². The highest BCUT2D eigenvalue weighted by molar-refractivity contribution is 6.46. The molecule has 2 aromatic carbocycles. The number of hydrogen-bond donors (Lipinski definition) is 2. The van der Waals surface area contributed by atoms with Gasteiger partial charge in [0.15, 0.2) is 0 Å². The predicted molar refractivity (Wildman–Crippen MR) is 116 cm³/mol. The number of carbonyl (C=O) groups excluding carboxylic acids is 2. The van der Waals surface area contributed by atoms with Crippen LogP contribution < -0.4 is 15.4 Å². The van der Waals surface area contributed by atoms with E-state index in [1.807, 2.05) is 55.5 Å². The minimum absolute atomic E-state index is 0.0329. The predicted octanol–water partition coefficient (Wildman–Crippen LogP) is 2.35. The highest BCUT2D eigenvalue weighted by atomic mass is 16.5. The number of rotatable bonds is 5. The minimum atomic E-state index is -0.574. The summed E-state index contributed by atoms with van der Waals surface area (Å²) in [4.78, 5) is 31.8. The van der Waals surface area contributed by atoms with E-state index in [9.17, 15) is 9.59 Å². The summed E-state index contributed by atoms with van der Waals surface area (Å²) >= 11 is 0. The van der Waals surface area contributed by atoms with Crippen molar-refractivity contribution in [1.29, 1.82) is 0 Å². The van der Waals surface area contributed by atoms with E-state index in [1.54, 1.807) is 7.11 Å². The molecule has 0 aromatic heterocycles. The number of amides is 2. The van der Waals surface area contributed by atoms with Crippen LogP contribution >= 0.6 is 0 Å². The first-order valence-corrected chi connectivity index (χ1v) is 10.1. The van der Waals surface area contributed by atoms with Crippen LogP contribution in [0.5, 0.6) is 5.75 Å². The maximum Gasteiger partial charge on any atom is 0.272 e. The Kier molecular flexibility index (Phi) is 5.55. The molecule has 2 aliphatic rings. The fraction of sp³-hybridized carbons (Fsp3) is 0.348. The molecule has 1 spiro atoms. The van der Waals surface area contributed by atoms with Crippen LogP contribution in [0.4, 0.5) is 5.69 Å². The number of ether oxygens (including phenoxy) is 1. The molecule has 2 aliphatic heterocycles. The molecule has 2 aromatic rings. The first-order valence-electron chi connectivity index (χ1n) is 10.1. The molecule has 0 aliphatic carbocycles. The quantitative estimate of drug-likeness (QED) is 0.799. The molecule has 2 amide bonds. The third-order valence-corrected chi connectivity index (χ3v) is 5.60. The second kappa shape index (κ2) is 8.28. The van der Waals surface area contributed by atoms with Crippen molar-refractivity contribution < 1.29 is 14.3 Å². The Morgan fingerprint density at radius 2 is 1.93 bits per heavy atom. The van der Waals surface area contributed by atoms with E-state index in [1.165, 1.54) is 0 Å². The molecule has 156 valence electrons. The zero-order valence-corrected chi connectivity index (χ0v) is 17.3. The third kappa shape index (κ3) is 4.36. The summed E-state index contributed by atoms with van der Waals surface area (Å²) < 4.78 is 5.18. The van der Waals surface area contributed by atoms with Gasteiger partial charge in [0.25, 0.3) is 5.91 Å². The Balaban J connectivity index is 1.35. The number of aryl methyl sites for hydroxylation is 1. The maximum atomic E-state index is 12.5. The molecule has 2 N–H and O–H groups in total. The summed E-state index contributed by atoms with van der Waals surface area (Å²) in [6, 6.07) is 15.1. The van der Waals surface area contributed by atoms with Gasteiger partial charge in [0.05, 0.1) is 13.7 Å². The molecule has 0 bridgehead atoms. The van der Waals surface area contributed by atoms with Gasteiger partial charge in [-0.25, -0.2) is 0 Å². The summed E-state index contributed by atoms with van der Waals surface area (Å²) in [5.41, 5.74) is 2.59. The Morgan fingerprint density at radius 3 is 2.60 bits per heavy atom. The van der Waals surface area contributed by atoms with Crippen LogP contribution in [0, 0.1) is 6.92 Å². The lowest BCUT2D eigenvalue weighted by atomic mass is 9.98. The van der Waals surface area contributed by atoms with Crippen molar-refractivity contribution in [1.82, 2.24) is 10.2 Å². The lowest BCUT2D eigenvalue weighted by Crippen LogP contribution is -2.52. The molecule has 30 heavy (non-hydrogen) atoms. The molecule has 7 heteroatoms. The van der Waals surface area contributed by atoms with Crippen LogP contribution in [0.2, 0.25) is 0 Å². The number of carbonyl (C=O) groups is 2. The Hall–Kier alpha value is -3.19. The topological polar surface area (TPSA) is 83.0 Å². The van der Waals surface area contributed by atoms with Crippen molar-refractivity contribution in [2.45, 2.75) is 25.4 Å². The lowest BCUT2D eigenvalue weighted by Gasteiger charge is -2.36. The first kappa shape index (κ1) is 20.1. The second-order valence-corrected chi connectivity index (χ2v) is 7.87. The van der Waals surface area contributed by atoms with Gasteiger partial charge in [0.2, 0.25) is 5.91 Å². The normalized spacial score (nSPS) is 18.1. The van der Waals surface area contributed by atoms with Gasteiger partial charge in [-0.15, -0.1) is 0 Å². The molecular weight excluding hydrogens is 380 g/mol. The van der Waals surface area contributed by atoms with E-state index in [0.717, 1.165) is 22.6 Å². The van der Waals surface area contributed by atoms with Gasteiger partial charge in [-0.3, -0.25) is 19.5 Å². The summed E-state index contributed by atoms with van der Waals surface area (Å²) in [5.74, 6) is 0.560. The Morgan fingerprint density at radius 1 is 1.20 bits per heavy atom. The van der Waals surface area contributed by atoms with Crippen molar-refractivity contribution in [3.63, 3.8) is 0 Å². The highest BCUT2D eigenvalue weighted by Gasteiger charge is 2.42. The maximum absolute atomic E-state index is 12.5. The molecule has 2 heterocycles. The monoisotopic (exact) mass is 406 g/mol. The average Bonchev–Trinajstić information content (AvgIpc) is 3.06. The van der Waals surface area contributed by atoms with Crippen LogP contribution in [0.3, 0.4) is 0 Å². The number of nitrogens with zero attached hydrogens (tertiary/aromatic N) is 2. The van der Waals surface area contributed by atoms with E-state index < -0.39 is 5.66 Å². The Labute approximate surface area is 176 Å². The van der Waals surface area contributed by atoms with Crippen molar-refractivity contribution >= 4 is 23.2 Å². The summed E-state index contributed by atoms with van der Waals surface area (Å²) in [6.07, 6.45) is 1.35. The van der Waals surface area contributed by atoms with Gasteiger partial charge in [-0.05, 0) is 48.9 Å². The molecule has 0 saturated carbocycles. The minimum Gasteiger partial charge on any atom is -0.497 e. The summed E-state index contributed by atoms with van der Waals surface area (Å²) in [7, 11) is 1.61. The Bertz CT molecular complexity index is 976. The van der Waals surface area contributed by atoms with Gasteiger partial charge in [0.1, 0.15) is 17.1 Å². The van der Waals surface area contributed by atoms with Crippen LogP contribution in [-0.2, 0) is 9.59 Å². The van der Waals surface area contributed by atoms with Crippen molar-refractivity contribution in [2.24, 2.45) is 4.99 Å². The molecule has 0 radical (unpaired) electrons. The number of aliphatic imine (C=N–C) groups is 1. The number of likely N-dealkylation sites (tertiary alicyclic amines) is 1. The number of nitrogens with one attached hydrogen (secondary N) is 2. The van der Waals surface area contributed by atoms with Gasteiger partial charge in [-0.1, -0.05) is 12.1 Å². The van der Waals surface area contributed by atoms with Crippen molar-refractivity contribution in [2.75, 3.05) is 32.1 Å². The largest absolute Gasteiger partial charge is 0.497 e. The van der Waals surface area contributed by atoms with E-state index in [0.29, 0.717) is 38.2 Å². The van der Waals surface area contributed by atoms with Crippen LogP contribution in [0.1, 0.15) is 24.0 Å². The third-order valence-electron chi connectivity index (χ3n) is 5.60. The zero-order chi connectivity index (χ0) is 21.1. The van der Waals surface area contributed by atoms with E-state index in [-0.39, 0.29) is 11.8 Å². The second-order valence-electron chi connectivity index (χ2n) is 7.87. The molecule has 1 saturated heterocycles. The van der Waals surface area contributed by atoms with Gasteiger partial charge in [0, 0.05) is 37.2 Å². The smallest absolute Gasteiger partial charge is 0.272 e. The average molecular weight is 406 g/mol. The first-order chi connectivity index (χ1) is 14.5. The molecule has 0 atom stereocenters. The van der Waals surface area contributed by atoms with Gasteiger partial charge >= 0.3 is 0 Å². The number of hydrogen-bond acceptors (Lipinski definition) is 5. The van der Waals surface area contributed by atoms with Crippen LogP contribution in [-0.4, -0.2) is 54.8 Å². The van der Waals surface area contributed by atoms with Crippen LogP contribution in [0.15, 0.2) is 53.5 Å². The number of anilines is 1. The molecular formula is C23H26N4O3. The van der Waals surface area contributed by atoms with Crippen molar-refractivity contribution in [3.8, 4) is 5.75 Å². The summed E-state index contributed by atoms with van der Waals surface area (Å²) in [5, 5.41) is 6.01. The standard InChI is InChI=1S/C23H26N4O3/c1-16-4-3-5-18(14-16)24-20(28)15-27-12-10-23(11-13-27)25-21(22(29)26-23)17-6-8-19(30-2)9-7-17/h3-9,14H,10-13,15H2,1-2H3,(H,24,28)(H,26,29).